The molecular formula is C18H29N3O4. The first-order valence-corrected chi connectivity index (χ1v) is 9.05. The first-order valence-electron chi connectivity index (χ1n) is 9.05. The third-order valence-corrected chi connectivity index (χ3v) is 4.51. The Kier molecular flexibility index (Phi) is 5.34. The van der Waals surface area contributed by atoms with Crippen LogP contribution in [0.1, 0.15) is 38.2 Å². The van der Waals surface area contributed by atoms with E-state index < -0.39 is 5.97 Å². The third-order valence-electron chi connectivity index (χ3n) is 4.51. The number of aromatic nitrogens is 1. The number of fused-ring (bicyclic) bond motifs is 3. The molecule has 0 radical (unpaired) electrons. The minimum atomic E-state index is -0.440. The Morgan fingerprint density at radius 1 is 1.32 bits per heavy atom. The minimum absolute atomic E-state index is 0.231. The molecule has 0 aliphatic carbocycles. The van der Waals surface area contributed by atoms with Crippen LogP contribution in [0.5, 0.6) is 0 Å². The van der Waals surface area contributed by atoms with E-state index in [0.29, 0.717) is 31.2 Å². The summed E-state index contributed by atoms with van der Waals surface area (Å²) in [4.78, 5) is 20.8. The molecule has 0 saturated carbocycles. The Hall–Kier alpha value is -1.60. The monoisotopic (exact) mass is 351 g/mol. The molecule has 2 atom stereocenters. The number of carbonyl (C=O) groups excluding carboxylic acids is 1. The van der Waals surface area contributed by atoms with Gasteiger partial charge in [-0.2, -0.15) is 4.98 Å². The van der Waals surface area contributed by atoms with E-state index in [-0.39, 0.29) is 11.1 Å². The van der Waals surface area contributed by atoms with E-state index in [4.69, 9.17) is 13.9 Å². The molecule has 0 spiro atoms. The number of rotatable bonds is 4. The zero-order valence-electron chi connectivity index (χ0n) is 15.7. The van der Waals surface area contributed by atoms with Crippen molar-refractivity contribution in [2.24, 2.45) is 11.3 Å². The number of carbonyl (C=O) groups is 1. The zero-order chi connectivity index (χ0) is 18.0. The molecule has 3 rings (SSSR count). The van der Waals surface area contributed by atoms with Gasteiger partial charge in [0.2, 0.25) is 0 Å². The second-order valence-electron chi connectivity index (χ2n) is 8.19. The summed E-state index contributed by atoms with van der Waals surface area (Å²) >= 11 is 0. The van der Waals surface area contributed by atoms with Crippen LogP contribution in [0.15, 0.2) is 10.7 Å². The van der Waals surface area contributed by atoms with Gasteiger partial charge in [0.15, 0.2) is 5.69 Å². The molecule has 0 aromatic carbocycles. The molecule has 25 heavy (non-hydrogen) atoms. The van der Waals surface area contributed by atoms with Gasteiger partial charge in [-0.15, -0.1) is 0 Å². The first kappa shape index (κ1) is 18.2. The van der Waals surface area contributed by atoms with Crippen molar-refractivity contribution in [1.82, 2.24) is 9.88 Å². The number of esters is 1. The summed E-state index contributed by atoms with van der Waals surface area (Å²) in [6.07, 6.45) is 1.39. The highest BCUT2D eigenvalue weighted by molar-refractivity contribution is 5.87. The van der Waals surface area contributed by atoms with Crippen molar-refractivity contribution in [2.75, 3.05) is 50.9 Å². The lowest BCUT2D eigenvalue weighted by molar-refractivity contribution is 0.0519. The van der Waals surface area contributed by atoms with Gasteiger partial charge in [0, 0.05) is 32.1 Å². The van der Waals surface area contributed by atoms with E-state index in [0.717, 1.165) is 32.8 Å². The Morgan fingerprint density at radius 2 is 2.12 bits per heavy atom. The van der Waals surface area contributed by atoms with Crippen LogP contribution < -0.4 is 4.90 Å². The summed E-state index contributed by atoms with van der Waals surface area (Å²) < 4.78 is 16.4. The molecule has 1 aromatic heterocycles. The Bertz CT molecular complexity index is 595. The van der Waals surface area contributed by atoms with Crippen molar-refractivity contribution in [3.8, 4) is 0 Å². The molecule has 0 amide bonds. The van der Waals surface area contributed by atoms with Crippen molar-refractivity contribution < 1.29 is 18.7 Å². The van der Waals surface area contributed by atoms with E-state index in [1.54, 1.807) is 6.92 Å². The highest BCUT2D eigenvalue weighted by atomic mass is 16.5. The van der Waals surface area contributed by atoms with Crippen LogP contribution in [0.2, 0.25) is 0 Å². The Labute approximate surface area is 149 Å². The average Bonchev–Trinajstić information content (AvgIpc) is 2.84. The Balaban J connectivity index is 1.75. The molecule has 2 aliphatic heterocycles. The maximum Gasteiger partial charge on any atom is 0.360 e. The van der Waals surface area contributed by atoms with Crippen LogP contribution >= 0.6 is 0 Å². The molecule has 0 N–H and O–H groups in total. The quantitative estimate of drug-likeness (QED) is 0.769. The van der Waals surface area contributed by atoms with E-state index in [2.05, 4.69) is 35.6 Å². The molecule has 2 fully saturated rings. The van der Waals surface area contributed by atoms with Crippen LogP contribution in [0.4, 0.5) is 6.01 Å². The van der Waals surface area contributed by atoms with Crippen molar-refractivity contribution in [3.63, 3.8) is 0 Å². The second-order valence-corrected chi connectivity index (χ2v) is 8.19. The normalized spacial score (nSPS) is 24.9. The number of hydrogen-bond acceptors (Lipinski definition) is 7. The van der Waals surface area contributed by atoms with Gasteiger partial charge in [0.25, 0.3) is 6.01 Å². The average molecular weight is 351 g/mol. The van der Waals surface area contributed by atoms with Gasteiger partial charge in [-0.1, -0.05) is 20.8 Å². The number of oxazole rings is 1. The zero-order valence-corrected chi connectivity index (χ0v) is 15.7. The molecule has 0 unspecified atom stereocenters. The molecule has 7 heteroatoms. The summed E-state index contributed by atoms with van der Waals surface area (Å²) in [5, 5.41) is 0. The van der Waals surface area contributed by atoms with Crippen molar-refractivity contribution >= 4 is 12.0 Å². The summed E-state index contributed by atoms with van der Waals surface area (Å²) in [5.74, 6) is -0.0435. The van der Waals surface area contributed by atoms with E-state index in [9.17, 15) is 4.79 Å². The lowest BCUT2D eigenvalue weighted by Gasteiger charge is -2.34. The predicted molar refractivity (Wildman–Crippen MR) is 93.8 cm³/mol. The van der Waals surface area contributed by atoms with Crippen molar-refractivity contribution in [1.29, 1.82) is 0 Å². The highest BCUT2D eigenvalue weighted by Crippen LogP contribution is 2.27. The maximum absolute atomic E-state index is 11.8. The third kappa shape index (κ3) is 4.52. The smallest absolute Gasteiger partial charge is 0.360 e. The number of anilines is 1. The van der Waals surface area contributed by atoms with Gasteiger partial charge >= 0.3 is 5.97 Å². The summed E-state index contributed by atoms with van der Waals surface area (Å²) in [5.41, 5.74) is 0.469. The number of nitrogens with zero attached hydrogens (tertiary/aromatic N) is 3. The van der Waals surface area contributed by atoms with Crippen LogP contribution in [0, 0.1) is 11.3 Å². The highest BCUT2D eigenvalue weighted by Gasteiger charge is 2.36. The van der Waals surface area contributed by atoms with Crippen LogP contribution in [-0.2, 0) is 9.47 Å². The summed E-state index contributed by atoms with van der Waals surface area (Å²) in [6, 6.07) is 0.794. The molecule has 2 aliphatic rings. The molecular weight excluding hydrogens is 322 g/mol. The van der Waals surface area contributed by atoms with Crippen LogP contribution in [-0.4, -0.2) is 67.9 Å². The lowest BCUT2D eigenvalue weighted by atomic mass is 9.95. The van der Waals surface area contributed by atoms with E-state index in [1.165, 1.54) is 6.26 Å². The summed E-state index contributed by atoms with van der Waals surface area (Å²) in [7, 11) is 0. The lowest BCUT2D eigenvalue weighted by Crippen LogP contribution is -2.46. The molecule has 7 nitrogen and oxygen atoms in total. The standard InChI is InChI=1S/C18H29N3O4/c1-5-24-16(22)15-11-25-17(19-15)20-6-13-7-21(12-18(2,3)4)14(8-20)10-23-9-13/h11,13-14H,5-10,12H2,1-4H3/t13-,14-/m0/s1. The fourth-order valence-electron chi connectivity index (χ4n) is 3.60. The SMILES string of the molecule is CCOC(=O)c1coc(N2C[C@@H]3COC[C@H](C2)N(CC(C)(C)C)C3)n1. The number of hydrogen-bond donors (Lipinski definition) is 0. The van der Waals surface area contributed by atoms with Gasteiger partial charge in [0.05, 0.1) is 25.9 Å². The molecule has 140 valence electrons. The largest absolute Gasteiger partial charge is 0.461 e. The minimum Gasteiger partial charge on any atom is -0.461 e. The summed E-state index contributed by atoms with van der Waals surface area (Å²) in [6.45, 7) is 14.0. The van der Waals surface area contributed by atoms with Gasteiger partial charge in [-0.3, -0.25) is 4.90 Å². The van der Waals surface area contributed by atoms with Gasteiger partial charge in [0.1, 0.15) is 6.26 Å². The topological polar surface area (TPSA) is 68.0 Å². The van der Waals surface area contributed by atoms with E-state index in [1.807, 2.05) is 0 Å². The molecule has 1 aromatic rings. The number of ether oxygens (including phenoxy) is 2. The molecule has 2 saturated heterocycles. The molecule has 2 bridgehead atoms. The van der Waals surface area contributed by atoms with Crippen molar-refractivity contribution in [2.45, 2.75) is 33.7 Å². The second kappa shape index (κ2) is 7.33. The van der Waals surface area contributed by atoms with Crippen LogP contribution in [0.3, 0.4) is 0 Å². The fraction of sp³-hybridized carbons (Fsp3) is 0.778. The van der Waals surface area contributed by atoms with Gasteiger partial charge < -0.3 is 18.8 Å². The van der Waals surface area contributed by atoms with Crippen LogP contribution in [0.25, 0.3) is 0 Å². The first-order chi connectivity index (χ1) is 11.9. The van der Waals surface area contributed by atoms with Gasteiger partial charge in [-0.25, -0.2) is 4.79 Å². The maximum atomic E-state index is 11.8. The van der Waals surface area contributed by atoms with Gasteiger partial charge in [-0.05, 0) is 12.3 Å². The Morgan fingerprint density at radius 3 is 2.84 bits per heavy atom. The fourth-order valence-corrected chi connectivity index (χ4v) is 3.60. The molecule has 3 heterocycles. The van der Waals surface area contributed by atoms with Crippen molar-refractivity contribution in [3.05, 3.63) is 12.0 Å². The van der Waals surface area contributed by atoms with E-state index >= 15 is 0 Å². The predicted octanol–water partition coefficient (Wildman–Crippen LogP) is 2.03.